The Morgan fingerprint density at radius 2 is 1.95 bits per heavy atom. The number of fused-ring (bicyclic) bond motifs is 1. The number of aromatic hydroxyl groups is 1. The number of ether oxygens (including phenoxy) is 1. The molecule has 0 saturated carbocycles. The lowest BCUT2D eigenvalue weighted by Crippen LogP contribution is -1.84. The molecule has 0 saturated heterocycles. The van der Waals surface area contributed by atoms with E-state index in [1.807, 2.05) is 44.2 Å². The van der Waals surface area contributed by atoms with E-state index < -0.39 is 0 Å². The monoisotopic (exact) mass is 294 g/mol. The van der Waals surface area contributed by atoms with Crippen molar-refractivity contribution in [2.24, 2.45) is 4.99 Å². The maximum Gasteiger partial charge on any atom is 0.198 e. The maximum absolute atomic E-state index is 10.1. The van der Waals surface area contributed by atoms with E-state index in [1.54, 1.807) is 13.3 Å². The summed E-state index contributed by atoms with van der Waals surface area (Å²) in [6, 6.07) is 11.7. The molecule has 0 fully saturated rings. The smallest absolute Gasteiger partial charge is 0.198 e. The average Bonchev–Trinajstić information content (AvgIpc) is 2.82. The van der Waals surface area contributed by atoms with Crippen LogP contribution in [0.4, 0.5) is 5.69 Å². The summed E-state index contributed by atoms with van der Waals surface area (Å²) >= 11 is 0. The van der Waals surface area contributed by atoms with E-state index >= 15 is 0 Å². The molecule has 0 aliphatic carbocycles. The van der Waals surface area contributed by atoms with Crippen LogP contribution >= 0.6 is 0 Å². The second-order valence-corrected chi connectivity index (χ2v) is 5.35. The highest BCUT2D eigenvalue weighted by Gasteiger charge is 2.10. The SMILES string of the molecule is COc1ccc2[nH]c(O)c(C=Nc3cc(C)ccc3C)c2c1. The number of aryl methyl sites for hydroxylation is 2. The molecule has 0 amide bonds. The molecule has 1 heterocycles. The van der Waals surface area contributed by atoms with Crippen molar-refractivity contribution in [3.8, 4) is 11.6 Å². The highest BCUT2D eigenvalue weighted by Crippen LogP contribution is 2.29. The van der Waals surface area contributed by atoms with Gasteiger partial charge in [-0.2, -0.15) is 0 Å². The number of aromatic nitrogens is 1. The minimum Gasteiger partial charge on any atom is -0.497 e. The first kappa shape index (κ1) is 14.2. The van der Waals surface area contributed by atoms with Crippen LogP contribution in [0.2, 0.25) is 0 Å². The van der Waals surface area contributed by atoms with E-state index in [1.165, 1.54) is 0 Å². The third-order valence-corrected chi connectivity index (χ3v) is 3.72. The van der Waals surface area contributed by atoms with Crippen LogP contribution in [-0.2, 0) is 0 Å². The van der Waals surface area contributed by atoms with Crippen molar-refractivity contribution in [3.05, 3.63) is 53.1 Å². The van der Waals surface area contributed by atoms with Gasteiger partial charge in [-0.15, -0.1) is 0 Å². The van der Waals surface area contributed by atoms with Crippen LogP contribution in [0.3, 0.4) is 0 Å². The number of nitrogens with zero attached hydrogens (tertiary/aromatic N) is 1. The number of hydrogen-bond donors (Lipinski definition) is 2. The van der Waals surface area contributed by atoms with E-state index in [0.29, 0.717) is 5.56 Å². The molecular weight excluding hydrogens is 276 g/mol. The van der Waals surface area contributed by atoms with E-state index in [0.717, 1.165) is 33.5 Å². The zero-order chi connectivity index (χ0) is 15.7. The zero-order valence-electron chi connectivity index (χ0n) is 12.8. The molecule has 2 aromatic carbocycles. The van der Waals surface area contributed by atoms with E-state index in [9.17, 15) is 5.11 Å². The molecule has 0 unspecified atom stereocenters. The lowest BCUT2D eigenvalue weighted by atomic mass is 10.1. The van der Waals surface area contributed by atoms with Gasteiger partial charge in [-0.05, 0) is 49.2 Å². The Morgan fingerprint density at radius 3 is 2.73 bits per heavy atom. The van der Waals surface area contributed by atoms with Gasteiger partial charge in [0.05, 0.1) is 18.4 Å². The Kier molecular flexibility index (Phi) is 3.59. The minimum atomic E-state index is 0.109. The normalized spacial score (nSPS) is 11.4. The van der Waals surface area contributed by atoms with Gasteiger partial charge in [0.15, 0.2) is 5.88 Å². The first-order chi connectivity index (χ1) is 10.6. The van der Waals surface area contributed by atoms with E-state index in [-0.39, 0.29) is 5.88 Å². The second kappa shape index (κ2) is 5.56. The van der Waals surface area contributed by atoms with Gasteiger partial charge in [-0.3, -0.25) is 4.99 Å². The molecule has 4 heteroatoms. The number of aromatic amines is 1. The van der Waals surface area contributed by atoms with Crippen LogP contribution in [-0.4, -0.2) is 23.4 Å². The lowest BCUT2D eigenvalue weighted by Gasteiger charge is -2.02. The molecule has 1 aromatic heterocycles. The van der Waals surface area contributed by atoms with Gasteiger partial charge in [0.25, 0.3) is 0 Å². The highest BCUT2D eigenvalue weighted by atomic mass is 16.5. The molecular formula is C18H18N2O2. The van der Waals surface area contributed by atoms with Crippen molar-refractivity contribution >= 4 is 22.8 Å². The molecule has 2 N–H and O–H groups in total. The fourth-order valence-corrected chi connectivity index (χ4v) is 2.43. The van der Waals surface area contributed by atoms with Crippen molar-refractivity contribution in [2.45, 2.75) is 13.8 Å². The predicted molar refractivity (Wildman–Crippen MR) is 89.7 cm³/mol. The van der Waals surface area contributed by atoms with Crippen molar-refractivity contribution in [2.75, 3.05) is 7.11 Å². The van der Waals surface area contributed by atoms with Crippen LogP contribution in [0.5, 0.6) is 11.6 Å². The van der Waals surface area contributed by atoms with Gasteiger partial charge in [-0.25, -0.2) is 0 Å². The number of H-pyrrole nitrogens is 1. The molecule has 0 aliphatic rings. The fourth-order valence-electron chi connectivity index (χ4n) is 2.43. The van der Waals surface area contributed by atoms with Crippen molar-refractivity contribution in [3.63, 3.8) is 0 Å². The molecule has 0 radical (unpaired) electrons. The third-order valence-electron chi connectivity index (χ3n) is 3.72. The third kappa shape index (κ3) is 2.55. The molecule has 22 heavy (non-hydrogen) atoms. The molecule has 0 atom stereocenters. The quantitative estimate of drug-likeness (QED) is 0.709. The van der Waals surface area contributed by atoms with Crippen molar-refractivity contribution < 1.29 is 9.84 Å². The average molecular weight is 294 g/mol. The van der Waals surface area contributed by atoms with Gasteiger partial charge in [0, 0.05) is 17.1 Å². The predicted octanol–water partition coefficient (Wildman–Crippen LogP) is 4.25. The van der Waals surface area contributed by atoms with Crippen LogP contribution in [0.1, 0.15) is 16.7 Å². The Bertz CT molecular complexity index is 863. The molecule has 112 valence electrons. The Morgan fingerprint density at radius 1 is 1.14 bits per heavy atom. The van der Waals surface area contributed by atoms with Crippen molar-refractivity contribution in [1.29, 1.82) is 0 Å². The Hall–Kier alpha value is -2.75. The number of methoxy groups -OCH3 is 1. The summed E-state index contributed by atoms with van der Waals surface area (Å²) in [5.41, 5.74) is 4.66. The maximum atomic E-state index is 10.1. The first-order valence-electron chi connectivity index (χ1n) is 7.08. The minimum absolute atomic E-state index is 0.109. The number of benzene rings is 2. The fraction of sp³-hybridized carbons (Fsp3) is 0.167. The van der Waals surface area contributed by atoms with Crippen LogP contribution in [0.25, 0.3) is 10.9 Å². The second-order valence-electron chi connectivity index (χ2n) is 5.35. The summed E-state index contributed by atoms with van der Waals surface area (Å²) in [5, 5.41) is 11.0. The summed E-state index contributed by atoms with van der Waals surface area (Å²) in [6.45, 7) is 4.05. The molecule has 4 nitrogen and oxygen atoms in total. The Balaban J connectivity index is 2.08. The standard InChI is InChI=1S/C18H18N2O2/c1-11-4-5-12(2)17(8-11)19-10-15-14-9-13(22-3)6-7-16(14)20-18(15)21/h4-10,20-21H,1-3H3. The zero-order valence-corrected chi connectivity index (χ0v) is 12.8. The van der Waals surface area contributed by atoms with Gasteiger partial charge in [0.1, 0.15) is 5.75 Å². The number of rotatable bonds is 3. The van der Waals surface area contributed by atoms with Crippen LogP contribution in [0, 0.1) is 13.8 Å². The summed E-state index contributed by atoms with van der Waals surface area (Å²) in [7, 11) is 1.62. The molecule has 0 aliphatic heterocycles. The van der Waals surface area contributed by atoms with Crippen LogP contribution in [0.15, 0.2) is 41.4 Å². The van der Waals surface area contributed by atoms with Gasteiger partial charge in [-0.1, -0.05) is 12.1 Å². The summed E-state index contributed by atoms with van der Waals surface area (Å²) in [6.07, 6.45) is 1.69. The molecule has 3 aromatic rings. The topological polar surface area (TPSA) is 57.6 Å². The largest absolute Gasteiger partial charge is 0.497 e. The van der Waals surface area contributed by atoms with Crippen LogP contribution < -0.4 is 4.74 Å². The Labute approximate surface area is 129 Å². The number of hydrogen-bond acceptors (Lipinski definition) is 3. The van der Waals surface area contributed by atoms with E-state index in [4.69, 9.17) is 4.74 Å². The highest BCUT2D eigenvalue weighted by molar-refractivity contribution is 6.03. The molecule has 0 spiro atoms. The summed E-state index contributed by atoms with van der Waals surface area (Å²) < 4.78 is 5.24. The first-order valence-corrected chi connectivity index (χ1v) is 7.08. The van der Waals surface area contributed by atoms with Gasteiger partial charge >= 0.3 is 0 Å². The summed E-state index contributed by atoms with van der Waals surface area (Å²) in [4.78, 5) is 7.48. The molecule has 3 rings (SSSR count). The number of aliphatic imine (C=N–C) groups is 1. The van der Waals surface area contributed by atoms with Gasteiger partial charge in [0.2, 0.25) is 0 Å². The number of nitrogens with one attached hydrogen (secondary N) is 1. The summed E-state index contributed by atoms with van der Waals surface area (Å²) in [5.74, 6) is 0.852. The lowest BCUT2D eigenvalue weighted by molar-refractivity contribution is 0.415. The molecule has 0 bridgehead atoms. The van der Waals surface area contributed by atoms with Gasteiger partial charge < -0.3 is 14.8 Å². The van der Waals surface area contributed by atoms with Crippen molar-refractivity contribution in [1.82, 2.24) is 4.98 Å². The van der Waals surface area contributed by atoms with E-state index in [2.05, 4.69) is 16.0 Å².